The van der Waals surface area contributed by atoms with Gasteiger partial charge in [0.25, 0.3) is 0 Å². The average Bonchev–Trinajstić information content (AvgIpc) is 2.43. The molecule has 0 spiro atoms. The normalized spacial score (nSPS) is 40.2. The predicted octanol–water partition coefficient (Wildman–Crippen LogP) is 1.42. The van der Waals surface area contributed by atoms with E-state index in [2.05, 4.69) is 11.8 Å². The molecule has 12 heavy (non-hydrogen) atoms. The maximum absolute atomic E-state index is 11.7. The van der Waals surface area contributed by atoms with Crippen LogP contribution >= 0.6 is 7.37 Å². The van der Waals surface area contributed by atoms with Crippen molar-refractivity contribution in [1.29, 1.82) is 0 Å². The predicted molar refractivity (Wildman–Crippen MR) is 49.0 cm³/mol. The topological polar surface area (TPSA) is 26.3 Å². The number of hydrogen-bond acceptors (Lipinski definition) is 2. The van der Waals surface area contributed by atoms with Crippen molar-refractivity contribution in [3.8, 4) is 24.7 Å². The van der Waals surface area contributed by atoms with Crippen LogP contribution < -0.4 is 0 Å². The second kappa shape index (κ2) is 3.36. The minimum Gasteiger partial charge on any atom is -0.332 e. The lowest BCUT2D eigenvalue weighted by Crippen LogP contribution is -2.06. The summed E-state index contributed by atoms with van der Waals surface area (Å²) < 4.78 is 16.6. The Labute approximate surface area is 73.1 Å². The van der Waals surface area contributed by atoms with E-state index in [9.17, 15) is 4.57 Å². The van der Waals surface area contributed by atoms with Crippen LogP contribution in [-0.4, -0.2) is 19.4 Å². The lowest BCUT2D eigenvalue weighted by molar-refractivity contribution is 0.398. The third-order valence-corrected chi connectivity index (χ3v) is 4.76. The van der Waals surface area contributed by atoms with Gasteiger partial charge in [0.2, 0.25) is 7.37 Å². The van der Waals surface area contributed by atoms with E-state index in [1.54, 1.807) is 0 Å². The molecule has 2 atom stereocenters. The Bertz CT molecular complexity index is 269. The highest BCUT2D eigenvalue weighted by Crippen LogP contribution is 2.56. The maximum Gasteiger partial charge on any atom is 0.205 e. The molecule has 0 aromatic rings. The van der Waals surface area contributed by atoms with Gasteiger partial charge in [-0.3, -0.25) is 4.57 Å². The molecular formula is C9H11O2P. The SMILES string of the molecule is C#CC1CP(=O)(OC)CC1C#C. The molecule has 64 valence electrons. The van der Waals surface area contributed by atoms with E-state index in [1.807, 2.05) is 0 Å². The molecular weight excluding hydrogens is 171 g/mol. The first-order valence-corrected chi connectivity index (χ1v) is 5.71. The van der Waals surface area contributed by atoms with Crippen LogP contribution in [0.5, 0.6) is 0 Å². The molecule has 3 heteroatoms. The molecule has 0 aromatic heterocycles. The third kappa shape index (κ3) is 1.56. The molecule has 0 aromatic carbocycles. The highest BCUT2D eigenvalue weighted by Gasteiger charge is 2.40. The van der Waals surface area contributed by atoms with Gasteiger partial charge in [-0.1, -0.05) is 0 Å². The fourth-order valence-corrected chi connectivity index (χ4v) is 3.78. The highest BCUT2D eigenvalue weighted by atomic mass is 31.2. The van der Waals surface area contributed by atoms with Crippen LogP contribution in [0.3, 0.4) is 0 Å². The Morgan fingerprint density at radius 1 is 1.33 bits per heavy atom. The quantitative estimate of drug-likeness (QED) is 0.453. The minimum absolute atomic E-state index is 0.0687. The van der Waals surface area contributed by atoms with Crippen molar-refractivity contribution < 1.29 is 9.09 Å². The number of rotatable bonds is 1. The molecule has 0 bridgehead atoms. The van der Waals surface area contributed by atoms with Crippen LogP contribution in [0, 0.1) is 36.5 Å². The van der Waals surface area contributed by atoms with Gasteiger partial charge in [-0.15, -0.1) is 24.7 Å². The van der Waals surface area contributed by atoms with Crippen molar-refractivity contribution in [2.45, 2.75) is 0 Å². The first-order valence-electron chi connectivity index (χ1n) is 3.71. The van der Waals surface area contributed by atoms with E-state index < -0.39 is 7.37 Å². The fourth-order valence-electron chi connectivity index (χ4n) is 1.42. The Hall–Kier alpha value is -0.690. The first-order chi connectivity index (χ1) is 5.65. The van der Waals surface area contributed by atoms with Gasteiger partial charge >= 0.3 is 0 Å². The van der Waals surface area contributed by atoms with Gasteiger partial charge in [-0.05, 0) is 0 Å². The second-order valence-electron chi connectivity index (χ2n) is 2.91. The summed E-state index contributed by atoms with van der Waals surface area (Å²) in [7, 11) is -1.03. The fraction of sp³-hybridized carbons (Fsp3) is 0.556. The summed E-state index contributed by atoms with van der Waals surface area (Å²) in [4.78, 5) is 0. The van der Waals surface area contributed by atoms with Crippen LogP contribution in [0.25, 0.3) is 0 Å². The average molecular weight is 182 g/mol. The molecule has 0 amide bonds. The van der Waals surface area contributed by atoms with E-state index in [4.69, 9.17) is 17.4 Å². The van der Waals surface area contributed by atoms with Gasteiger partial charge in [0, 0.05) is 31.3 Å². The third-order valence-electron chi connectivity index (χ3n) is 2.20. The summed E-state index contributed by atoms with van der Waals surface area (Å²) in [6, 6.07) is 0. The zero-order valence-corrected chi connectivity index (χ0v) is 7.88. The van der Waals surface area contributed by atoms with Gasteiger partial charge in [-0.25, -0.2) is 0 Å². The van der Waals surface area contributed by atoms with Crippen LogP contribution in [0.2, 0.25) is 0 Å². The maximum atomic E-state index is 11.7. The number of hydrogen-bond donors (Lipinski definition) is 0. The molecule has 0 radical (unpaired) electrons. The van der Waals surface area contributed by atoms with Crippen molar-refractivity contribution in [2.24, 2.45) is 11.8 Å². The smallest absolute Gasteiger partial charge is 0.205 e. The van der Waals surface area contributed by atoms with Gasteiger partial charge in [0.1, 0.15) is 0 Å². The van der Waals surface area contributed by atoms with E-state index in [-0.39, 0.29) is 11.8 Å². The Morgan fingerprint density at radius 3 is 2.00 bits per heavy atom. The number of terminal acetylenes is 2. The molecule has 1 heterocycles. The zero-order chi connectivity index (χ0) is 9.19. The summed E-state index contributed by atoms with van der Waals surface area (Å²) in [5, 5.41) is 0. The van der Waals surface area contributed by atoms with Gasteiger partial charge < -0.3 is 4.52 Å². The summed E-state index contributed by atoms with van der Waals surface area (Å²) >= 11 is 0. The summed E-state index contributed by atoms with van der Waals surface area (Å²) in [6.45, 7) is 0. The van der Waals surface area contributed by atoms with Crippen LogP contribution in [0.15, 0.2) is 0 Å². The Morgan fingerprint density at radius 2 is 1.75 bits per heavy atom. The summed E-state index contributed by atoms with van der Waals surface area (Å²) in [6.07, 6.45) is 11.4. The van der Waals surface area contributed by atoms with Crippen LogP contribution in [0.4, 0.5) is 0 Å². The molecule has 0 aliphatic carbocycles. The molecule has 2 unspecified atom stereocenters. The zero-order valence-electron chi connectivity index (χ0n) is 6.99. The Kier molecular flexibility index (Phi) is 2.63. The molecule has 2 nitrogen and oxygen atoms in total. The molecule has 1 fully saturated rings. The lowest BCUT2D eigenvalue weighted by atomic mass is 9.98. The van der Waals surface area contributed by atoms with Crippen molar-refractivity contribution in [1.82, 2.24) is 0 Å². The largest absolute Gasteiger partial charge is 0.332 e. The molecule has 1 saturated heterocycles. The summed E-state index contributed by atoms with van der Waals surface area (Å²) in [5.41, 5.74) is 0. The monoisotopic (exact) mass is 182 g/mol. The molecule has 1 rings (SSSR count). The van der Waals surface area contributed by atoms with Gasteiger partial charge in [0.05, 0.1) is 0 Å². The molecule has 0 saturated carbocycles. The highest BCUT2D eigenvalue weighted by molar-refractivity contribution is 7.59. The van der Waals surface area contributed by atoms with E-state index in [0.29, 0.717) is 12.3 Å². The van der Waals surface area contributed by atoms with Gasteiger partial charge in [0.15, 0.2) is 0 Å². The molecule has 0 N–H and O–H groups in total. The first kappa shape index (κ1) is 9.40. The van der Waals surface area contributed by atoms with Crippen molar-refractivity contribution in [3.63, 3.8) is 0 Å². The lowest BCUT2D eigenvalue weighted by Gasteiger charge is -2.05. The van der Waals surface area contributed by atoms with Crippen LogP contribution in [-0.2, 0) is 9.09 Å². The standard InChI is InChI=1S/C9H11O2P/c1-4-8-6-12(10,11-3)7-9(8)5-2/h1-2,8-9H,6-7H2,3H3. The van der Waals surface area contributed by atoms with Crippen molar-refractivity contribution in [3.05, 3.63) is 0 Å². The van der Waals surface area contributed by atoms with Gasteiger partial charge in [-0.2, -0.15) is 0 Å². The molecule has 1 aliphatic heterocycles. The van der Waals surface area contributed by atoms with Crippen molar-refractivity contribution in [2.75, 3.05) is 19.4 Å². The summed E-state index contributed by atoms with van der Waals surface area (Å²) in [5.74, 6) is 4.98. The minimum atomic E-state index is -2.48. The van der Waals surface area contributed by atoms with E-state index in [1.165, 1.54) is 7.11 Å². The van der Waals surface area contributed by atoms with Crippen LogP contribution in [0.1, 0.15) is 0 Å². The van der Waals surface area contributed by atoms with E-state index >= 15 is 0 Å². The Balaban J connectivity index is 2.82. The molecule has 1 aliphatic rings. The van der Waals surface area contributed by atoms with E-state index in [0.717, 1.165) is 0 Å². The van der Waals surface area contributed by atoms with Crippen molar-refractivity contribution >= 4 is 7.37 Å². The second-order valence-corrected chi connectivity index (χ2v) is 5.63.